The second-order valence-corrected chi connectivity index (χ2v) is 6.18. The van der Waals surface area contributed by atoms with Crippen molar-refractivity contribution in [3.63, 3.8) is 0 Å². The first kappa shape index (κ1) is 23.2. The average Bonchev–Trinajstić information content (AvgIpc) is 2.38. The van der Waals surface area contributed by atoms with Crippen LogP contribution in [0.25, 0.3) is 0 Å². The van der Waals surface area contributed by atoms with Gasteiger partial charge in [-0.05, 0) is 45.8 Å². The highest BCUT2D eigenvalue weighted by molar-refractivity contribution is 14.0. The molecule has 0 heterocycles. The monoisotopic (exact) mass is 412 g/mol. The summed E-state index contributed by atoms with van der Waals surface area (Å²) in [6.45, 7) is 7.73. The SMILES string of the molecule is CN=C(NCCCCCCCN(C)C)NCCC(C)C.I. The maximum atomic E-state index is 4.24. The number of nitrogens with one attached hydrogen (secondary N) is 2. The van der Waals surface area contributed by atoms with E-state index < -0.39 is 0 Å². The van der Waals surface area contributed by atoms with Crippen molar-refractivity contribution in [2.24, 2.45) is 10.9 Å². The van der Waals surface area contributed by atoms with Crippen LogP contribution in [-0.2, 0) is 0 Å². The Morgan fingerprint density at radius 2 is 1.52 bits per heavy atom. The van der Waals surface area contributed by atoms with E-state index in [9.17, 15) is 0 Å². The third-order valence-corrected chi connectivity index (χ3v) is 3.31. The molecule has 0 aromatic rings. The van der Waals surface area contributed by atoms with Crippen molar-refractivity contribution < 1.29 is 0 Å². The van der Waals surface area contributed by atoms with Crippen molar-refractivity contribution in [2.75, 3.05) is 40.8 Å². The first-order valence-corrected chi connectivity index (χ1v) is 8.15. The maximum Gasteiger partial charge on any atom is 0.190 e. The molecule has 0 saturated heterocycles. The predicted octanol–water partition coefficient (Wildman–Crippen LogP) is 3.33. The Balaban J connectivity index is 0. The largest absolute Gasteiger partial charge is 0.356 e. The van der Waals surface area contributed by atoms with Crippen LogP contribution in [0.1, 0.15) is 52.4 Å². The zero-order valence-corrected chi connectivity index (χ0v) is 17.1. The molecule has 5 heteroatoms. The summed E-state index contributed by atoms with van der Waals surface area (Å²) in [4.78, 5) is 6.50. The minimum absolute atomic E-state index is 0. The highest BCUT2D eigenvalue weighted by atomic mass is 127. The first-order chi connectivity index (χ1) is 9.56. The van der Waals surface area contributed by atoms with Crippen LogP contribution in [0.2, 0.25) is 0 Å². The molecule has 0 spiro atoms. The molecule has 0 saturated carbocycles. The lowest BCUT2D eigenvalue weighted by molar-refractivity contribution is 0.389. The standard InChI is InChI=1S/C16H36N4.HI/c1-15(2)11-13-19-16(17-3)18-12-9-7-6-8-10-14-20(4)5;/h15H,6-14H2,1-5H3,(H2,17,18,19);1H. The van der Waals surface area contributed by atoms with Crippen molar-refractivity contribution >= 4 is 29.9 Å². The molecule has 0 aliphatic heterocycles. The molecule has 2 N–H and O–H groups in total. The molecule has 0 aromatic heterocycles. The van der Waals surface area contributed by atoms with Gasteiger partial charge in [0.1, 0.15) is 0 Å². The van der Waals surface area contributed by atoms with Crippen LogP contribution in [-0.4, -0.2) is 51.6 Å². The van der Waals surface area contributed by atoms with Gasteiger partial charge in [-0.3, -0.25) is 4.99 Å². The maximum absolute atomic E-state index is 4.24. The van der Waals surface area contributed by atoms with Crippen molar-refractivity contribution in [3.8, 4) is 0 Å². The number of unbranched alkanes of at least 4 members (excludes halogenated alkanes) is 4. The quantitative estimate of drug-likeness (QED) is 0.237. The fourth-order valence-corrected chi connectivity index (χ4v) is 1.99. The van der Waals surface area contributed by atoms with E-state index in [1.54, 1.807) is 0 Å². The molecule has 128 valence electrons. The smallest absolute Gasteiger partial charge is 0.190 e. The van der Waals surface area contributed by atoms with Crippen LogP contribution >= 0.6 is 24.0 Å². The van der Waals surface area contributed by atoms with Gasteiger partial charge in [-0.1, -0.05) is 33.1 Å². The highest BCUT2D eigenvalue weighted by Crippen LogP contribution is 2.02. The van der Waals surface area contributed by atoms with Crippen LogP contribution in [0.4, 0.5) is 0 Å². The van der Waals surface area contributed by atoms with Gasteiger partial charge in [-0.25, -0.2) is 0 Å². The van der Waals surface area contributed by atoms with E-state index in [4.69, 9.17) is 0 Å². The third-order valence-electron chi connectivity index (χ3n) is 3.31. The molecule has 4 nitrogen and oxygen atoms in total. The molecule has 0 aliphatic rings. The Bertz CT molecular complexity index is 242. The van der Waals surface area contributed by atoms with Crippen molar-refractivity contribution in [1.82, 2.24) is 15.5 Å². The minimum atomic E-state index is 0. The molecule has 0 amide bonds. The normalized spacial score (nSPS) is 11.7. The molecule has 0 fully saturated rings. The Morgan fingerprint density at radius 3 is 2.10 bits per heavy atom. The van der Waals surface area contributed by atoms with Gasteiger partial charge in [0.2, 0.25) is 0 Å². The summed E-state index contributed by atoms with van der Waals surface area (Å²) < 4.78 is 0. The molecular formula is C16H37IN4. The molecule has 0 aromatic carbocycles. The van der Waals surface area contributed by atoms with Gasteiger partial charge in [0.05, 0.1) is 0 Å². The van der Waals surface area contributed by atoms with Gasteiger partial charge in [-0.2, -0.15) is 0 Å². The fourth-order valence-electron chi connectivity index (χ4n) is 1.99. The van der Waals surface area contributed by atoms with Gasteiger partial charge in [-0.15, -0.1) is 24.0 Å². The Kier molecular flexibility index (Phi) is 18.1. The summed E-state index contributed by atoms with van der Waals surface area (Å²) in [7, 11) is 6.12. The Hall–Kier alpha value is -0.0400. The van der Waals surface area contributed by atoms with E-state index in [-0.39, 0.29) is 24.0 Å². The van der Waals surface area contributed by atoms with Crippen molar-refractivity contribution in [3.05, 3.63) is 0 Å². The van der Waals surface area contributed by atoms with E-state index in [1.165, 1.54) is 45.1 Å². The molecule has 0 aliphatic carbocycles. The second kappa shape index (κ2) is 16.3. The molecule has 0 unspecified atom stereocenters. The Labute approximate surface area is 149 Å². The topological polar surface area (TPSA) is 39.7 Å². The Morgan fingerprint density at radius 1 is 0.952 bits per heavy atom. The van der Waals surface area contributed by atoms with E-state index in [1.807, 2.05) is 7.05 Å². The average molecular weight is 412 g/mol. The fraction of sp³-hybridized carbons (Fsp3) is 0.938. The molecule has 0 radical (unpaired) electrons. The second-order valence-electron chi connectivity index (χ2n) is 6.18. The van der Waals surface area contributed by atoms with Gasteiger partial charge >= 0.3 is 0 Å². The number of nitrogens with zero attached hydrogens (tertiary/aromatic N) is 2. The lowest BCUT2D eigenvalue weighted by atomic mass is 10.1. The zero-order chi connectivity index (χ0) is 15.2. The lowest BCUT2D eigenvalue weighted by Gasteiger charge is -2.13. The number of hydrogen-bond donors (Lipinski definition) is 2. The van der Waals surface area contributed by atoms with Gasteiger partial charge in [0, 0.05) is 20.1 Å². The van der Waals surface area contributed by atoms with E-state index in [0.717, 1.165) is 25.0 Å². The van der Waals surface area contributed by atoms with Crippen molar-refractivity contribution in [2.45, 2.75) is 52.4 Å². The van der Waals surface area contributed by atoms with Gasteiger partial charge in [0.15, 0.2) is 5.96 Å². The lowest BCUT2D eigenvalue weighted by Crippen LogP contribution is -2.38. The van der Waals surface area contributed by atoms with Gasteiger partial charge in [0.25, 0.3) is 0 Å². The zero-order valence-electron chi connectivity index (χ0n) is 14.7. The molecule has 21 heavy (non-hydrogen) atoms. The number of hydrogen-bond acceptors (Lipinski definition) is 2. The van der Waals surface area contributed by atoms with Crippen LogP contribution < -0.4 is 10.6 Å². The summed E-state index contributed by atoms with van der Waals surface area (Å²) >= 11 is 0. The summed E-state index contributed by atoms with van der Waals surface area (Å²) in [6, 6.07) is 0. The van der Waals surface area contributed by atoms with Crippen LogP contribution in [0, 0.1) is 5.92 Å². The summed E-state index contributed by atoms with van der Waals surface area (Å²) in [6.07, 6.45) is 7.73. The van der Waals surface area contributed by atoms with E-state index in [2.05, 4.69) is 48.5 Å². The number of aliphatic imine (C=N–C) groups is 1. The van der Waals surface area contributed by atoms with E-state index in [0.29, 0.717) is 0 Å². The van der Waals surface area contributed by atoms with E-state index >= 15 is 0 Å². The molecule has 0 bridgehead atoms. The van der Waals surface area contributed by atoms with Crippen LogP contribution in [0.3, 0.4) is 0 Å². The predicted molar refractivity (Wildman–Crippen MR) is 106 cm³/mol. The van der Waals surface area contributed by atoms with Crippen LogP contribution in [0.5, 0.6) is 0 Å². The minimum Gasteiger partial charge on any atom is -0.356 e. The number of halogens is 1. The van der Waals surface area contributed by atoms with Crippen LogP contribution in [0.15, 0.2) is 4.99 Å². The van der Waals surface area contributed by atoms with Gasteiger partial charge < -0.3 is 15.5 Å². The molecule has 0 rings (SSSR count). The number of rotatable bonds is 11. The summed E-state index contributed by atoms with van der Waals surface area (Å²) in [5.41, 5.74) is 0. The van der Waals surface area contributed by atoms with Crippen molar-refractivity contribution in [1.29, 1.82) is 0 Å². The first-order valence-electron chi connectivity index (χ1n) is 8.15. The summed E-state index contributed by atoms with van der Waals surface area (Å²) in [5.74, 6) is 1.68. The summed E-state index contributed by atoms with van der Waals surface area (Å²) in [5, 5.41) is 6.74. The highest BCUT2D eigenvalue weighted by Gasteiger charge is 1.98. The molecular weight excluding hydrogens is 375 g/mol. The third kappa shape index (κ3) is 17.9. The molecule has 0 atom stereocenters. The number of guanidine groups is 1.